The molecule has 0 amide bonds. The van der Waals surface area contributed by atoms with Gasteiger partial charge in [-0.3, -0.25) is 9.48 Å². The summed E-state index contributed by atoms with van der Waals surface area (Å²) in [7, 11) is 0. The standard InChI is InChI=1S/C13H11F3N2O2/c1-2-18-10(8-19)7-12(17-18)9-3-5-11(6-4-9)20-13(14,15)16/h3-8H,2H2,1H3. The van der Waals surface area contributed by atoms with E-state index in [0.29, 0.717) is 29.8 Å². The minimum atomic E-state index is -4.71. The van der Waals surface area contributed by atoms with Crippen LogP contribution < -0.4 is 4.74 Å². The summed E-state index contributed by atoms with van der Waals surface area (Å²) < 4.78 is 41.4. The highest BCUT2D eigenvalue weighted by Crippen LogP contribution is 2.26. The van der Waals surface area contributed by atoms with Crippen LogP contribution in [0, 0.1) is 0 Å². The van der Waals surface area contributed by atoms with Gasteiger partial charge in [0, 0.05) is 12.1 Å². The number of aromatic nitrogens is 2. The van der Waals surface area contributed by atoms with Crippen molar-refractivity contribution in [3.8, 4) is 17.0 Å². The fourth-order valence-electron chi connectivity index (χ4n) is 1.75. The van der Waals surface area contributed by atoms with E-state index in [2.05, 4.69) is 9.84 Å². The third kappa shape index (κ3) is 3.17. The second kappa shape index (κ2) is 5.36. The molecular weight excluding hydrogens is 273 g/mol. The molecule has 0 aliphatic rings. The van der Waals surface area contributed by atoms with Gasteiger partial charge in [-0.05, 0) is 37.3 Å². The van der Waals surface area contributed by atoms with Crippen LogP contribution in [0.1, 0.15) is 17.4 Å². The Morgan fingerprint density at radius 1 is 1.30 bits per heavy atom. The number of halogens is 3. The number of ether oxygens (including phenoxy) is 1. The monoisotopic (exact) mass is 284 g/mol. The summed E-state index contributed by atoms with van der Waals surface area (Å²) in [6, 6.07) is 6.90. The van der Waals surface area contributed by atoms with Crippen molar-refractivity contribution in [3.05, 3.63) is 36.0 Å². The lowest BCUT2D eigenvalue weighted by Gasteiger charge is -2.08. The largest absolute Gasteiger partial charge is 0.573 e. The number of nitrogens with zero attached hydrogens (tertiary/aromatic N) is 2. The molecule has 106 valence electrons. The predicted molar refractivity (Wildman–Crippen MR) is 65.4 cm³/mol. The SMILES string of the molecule is CCn1nc(-c2ccc(OC(F)(F)F)cc2)cc1C=O. The molecule has 2 aromatic rings. The zero-order valence-electron chi connectivity index (χ0n) is 10.5. The van der Waals surface area contributed by atoms with Crippen LogP contribution in [0.4, 0.5) is 13.2 Å². The maximum absolute atomic E-state index is 12.0. The lowest BCUT2D eigenvalue weighted by Crippen LogP contribution is -2.16. The summed E-state index contributed by atoms with van der Waals surface area (Å²) in [5, 5.41) is 4.20. The van der Waals surface area contributed by atoms with Crippen LogP contribution in [0.2, 0.25) is 0 Å². The van der Waals surface area contributed by atoms with Gasteiger partial charge in [0.2, 0.25) is 0 Å². The highest BCUT2D eigenvalue weighted by atomic mass is 19.4. The van der Waals surface area contributed by atoms with Gasteiger partial charge >= 0.3 is 6.36 Å². The van der Waals surface area contributed by atoms with E-state index < -0.39 is 6.36 Å². The van der Waals surface area contributed by atoms with Gasteiger partial charge in [0.15, 0.2) is 6.29 Å². The van der Waals surface area contributed by atoms with E-state index in [1.807, 2.05) is 6.92 Å². The van der Waals surface area contributed by atoms with Crippen LogP contribution in [0.15, 0.2) is 30.3 Å². The molecule has 0 saturated carbocycles. The van der Waals surface area contributed by atoms with Crippen molar-refractivity contribution in [2.24, 2.45) is 0 Å². The van der Waals surface area contributed by atoms with E-state index in [1.165, 1.54) is 28.9 Å². The summed E-state index contributed by atoms with van der Waals surface area (Å²) in [6.45, 7) is 2.37. The molecule has 20 heavy (non-hydrogen) atoms. The number of benzene rings is 1. The van der Waals surface area contributed by atoms with Gasteiger partial charge < -0.3 is 4.74 Å². The van der Waals surface area contributed by atoms with E-state index in [9.17, 15) is 18.0 Å². The molecule has 0 atom stereocenters. The molecular formula is C13H11F3N2O2. The second-order valence-electron chi connectivity index (χ2n) is 3.96. The van der Waals surface area contributed by atoms with Crippen molar-refractivity contribution >= 4 is 6.29 Å². The van der Waals surface area contributed by atoms with Gasteiger partial charge in [0.1, 0.15) is 11.4 Å². The van der Waals surface area contributed by atoms with Crippen LogP contribution in [0.5, 0.6) is 5.75 Å². The molecule has 0 bridgehead atoms. The first-order valence-electron chi connectivity index (χ1n) is 5.82. The molecule has 0 saturated heterocycles. The smallest absolute Gasteiger partial charge is 0.406 e. The minimum absolute atomic E-state index is 0.299. The zero-order valence-corrected chi connectivity index (χ0v) is 10.5. The van der Waals surface area contributed by atoms with E-state index in [4.69, 9.17) is 0 Å². The lowest BCUT2D eigenvalue weighted by molar-refractivity contribution is -0.274. The normalized spacial score (nSPS) is 11.4. The van der Waals surface area contributed by atoms with Crippen molar-refractivity contribution in [2.75, 3.05) is 0 Å². The Morgan fingerprint density at radius 2 is 1.95 bits per heavy atom. The zero-order chi connectivity index (χ0) is 14.8. The number of hydrogen-bond donors (Lipinski definition) is 0. The molecule has 1 aromatic heterocycles. The molecule has 0 aliphatic carbocycles. The third-order valence-corrected chi connectivity index (χ3v) is 2.62. The first-order valence-corrected chi connectivity index (χ1v) is 5.82. The average molecular weight is 284 g/mol. The molecule has 0 radical (unpaired) electrons. The molecule has 2 rings (SSSR count). The second-order valence-corrected chi connectivity index (χ2v) is 3.96. The fourth-order valence-corrected chi connectivity index (χ4v) is 1.75. The van der Waals surface area contributed by atoms with E-state index >= 15 is 0 Å². The fraction of sp³-hybridized carbons (Fsp3) is 0.231. The van der Waals surface area contributed by atoms with Gasteiger partial charge in [-0.25, -0.2) is 0 Å². The summed E-state index contributed by atoms with van der Waals surface area (Å²) in [5.41, 5.74) is 1.54. The Labute approximate surface area is 112 Å². The van der Waals surface area contributed by atoms with Crippen molar-refractivity contribution < 1.29 is 22.7 Å². The molecule has 4 nitrogen and oxygen atoms in total. The molecule has 1 heterocycles. The number of carbonyl (C=O) groups is 1. The van der Waals surface area contributed by atoms with Crippen molar-refractivity contribution in [1.82, 2.24) is 9.78 Å². The minimum Gasteiger partial charge on any atom is -0.406 e. The van der Waals surface area contributed by atoms with Crippen LogP contribution >= 0.6 is 0 Å². The molecule has 0 N–H and O–H groups in total. The Morgan fingerprint density at radius 3 is 2.40 bits per heavy atom. The van der Waals surface area contributed by atoms with Gasteiger partial charge in [0.05, 0.1) is 5.69 Å². The molecule has 0 spiro atoms. The van der Waals surface area contributed by atoms with E-state index in [1.54, 1.807) is 6.07 Å². The van der Waals surface area contributed by atoms with Crippen LogP contribution in [-0.4, -0.2) is 22.4 Å². The van der Waals surface area contributed by atoms with Crippen molar-refractivity contribution in [3.63, 3.8) is 0 Å². The van der Waals surface area contributed by atoms with E-state index in [0.717, 1.165) is 0 Å². The van der Waals surface area contributed by atoms with Crippen molar-refractivity contribution in [1.29, 1.82) is 0 Å². The summed E-state index contributed by atoms with van der Waals surface area (Å²) in [6.07, 6.45) is -4.03. The number of aldehydes is 1. The number of rotatable bonds is 4. The maximum Gasteiger partial charge on any atom is 0.573 e. The number of alkyl halides is 3. The molecule has 7 heteroatoms. The predicted octanol–water partition coefficient (Wildman–Crippen LogP) is 3.28. The topological polar surface area (TPSA) is 44.1 Å². The summed E-state index contributed by atoms with van der Waals surface area (Å²) >= 11 is 0. The quantitative estimate of drug-likeness (QED) is 0.809. The molecule has 0 fully saturated rings. The Balaban J connectivity index is 2.26. The third-order valence-electron chi connectivity index (χ3n) is 2.62. The molecule has 0 unspecified atom stereocenters. The average Bonchev–Trinajstić information content (AvgIpc) is 2.81. The van der Waals surface area contributed by atoms with Gasteiger partial charge in [-0.2, -0.15) is 5.10 Å². The van der Waals surface area contributed by atoms with Gasteiger partial charge in [-0.15, -0.1) is 13.2 Å². The lowest BCUT2D eigenvalue weighted by atomic mass is 10.1. The Kier molecular flexibility index (Phi) is 3.78. The first-order chi connectivity index (χ1) is 9.43. The first kappa shape index (κ1) is 14.1. The maximum atomic E-state index is 12.0. The molecule has 0 aliphatic heterocycles. The number of carbonyl (C=O) groups excluding carboxylic acids is 1. The van der Waals surface area contributed by atoms with E-state index in [-0.39, 0.29) is 5.75 Å². The molecule has 1 aromatic carbocycles. The van der Waals surface area contributed by atoms with Gasteiger partial charge in [0.25, 0.3) is 0 Å². The van der Waals surface area contributed by atoms with Crippen molar-refractivity contribution in [2.45, 2.75) is 19.8 Å². The summed E-state index contributed by atoms with van der Waals surface area (Å²) in [5.74, 6) is -0.299. The number of hydrogen-bond acceptors (Lipinski definition) is 3. The summed E-state index contributed by atoms with van der Waals surface area (Å²) in [4.78, 5) is 10.8. The van der Waals surface area contributed by atoms with Crippen LogP contribution in [0.3, 0.4) is 0 Å². The number of aryl methyl sites for hydroxylation is 1. The Hall–Kier alpha value is -2.31. The Bertz CT molecular complexity index is 603. The highest BCUT2D eigenvalue weighted by molar-refractivity contribution is 5.75. The van der Waals surface area contributed by atoms with Crippen LogP contribution in [-0.2, 0) is 6.54 Å². The highest BCUT2D eigenvalue weighted by Gasteiger charge is 2.30. The van der Waals surface area contributed by atoms with Gasteiger partial charge in [-0.1, -0.05) is 0 Å². The van der Waals surface area contributed by atoms with Crippen LogP contribution in [0.25, 0.3) is 11.3 Å².